The molecule has 2 aromatic carbocycles. The van der Waals surface area contributed by atoms with Gasteiger partial charge in [0.1, 0.15) is 0 Å². The molecule has 2 aromatic rings. The van der Waals surface area contributed by atoms with Gasteiger partial charge in [-0.2, -0.15) is 0 Å². The summed E-state index contributed by atoms with van der Waals surface area (Å²) in [7, 11) is 0. The van der Waals surface area contributed by atoms with Gasteiger partial charge in [-0.05, 0) is 49.1 Å². The van der Waals surface area contributed by atoms with E-state index < -0.39 is 4.92 Å². The highest BCUT2D eigenvalue weighted by molar-refractivity contribution is 6.30. The maximum atomic E-state index is 12.8. The van der Waals surface area contributed by atoms with Crippen molar-refractivity contribution in [2.75, 3.05) is 0 Å². The molecule has 1 aliphatic rings. The lowest BCUT2D eigenvalue weighted by molar-refractivity contribution is -0.384. The molecule has 0 spiro atoms. The summed E-state index contributed by atoms with van der Waals surface area (Å²) >= 11 is 5.95. The van der Waals surface area contributed by atoms with Crippen molar-refractivity contribution < 1.29 is 9.72 Å². The normalized spacial score (nSPS) is 15.0. The SMILES string of the molecule is CC(c1ccc(Cl)cc1)N(C(=O)/C=C/c1cccc([N+](=O)[O-])c1)C1CC1. The molecule has 1 amide bonds. The van der Waals surface area contributed by atoms with Crippen LogP contribution in [0, 0.1) is 10.1 Å². The fourth-order valence-electron chi connectivity index (χ4n) is 2.94. The smallest absolute Gasteiger partial charge is 0.270 e. The zero-order valence-corrected chi connectivity index (χ0v) is 15.1. The van der Waals surface area contributed by atoms with Gasteiger partial charge in [0.2, 0.25) is 5.91 Å². The van der Waals surface area contributed by atoms with Crippen molar-refractivity contribution in [3.05, 3.63) is 80.9 Å². The van der Waals surface area contributed by atoms with Gasteiger partial charge in [-0.3, -0.25) is 14.9 Å². The third-order valence-corrected chi connectivity index (χ3v) is 4.72. The second-order valence-electron chi connectivity index (χ2n) is 6.39. The summed E-state index contributed by atoms with van der Waals surface area (Å²) in [5.74, 6) is -0.0959. The van der Waals surface area contributed by atoms with Crippen molar-refractivity contribution in [3.63, 3.8) is 0 Å². The topological polar surface area (TPSA) is 63.5 Å². The summed E-state index contributed by atoms with van der Waals surface area (Å²) < 4.78 is 0. The van der Waals surface area contributed by atoms with Gasteiger partial charge in [0.05, 0.1) is 11.0 Å². The molecule has 26 heavy (non-hydrogen) atoms. The van der Waals surface area contributed by atoms with Gasteiger partial charge in [-0.25, -0.2) is 0 Å². The van der Waals surface area contributed by atoms with Crippen molar-refractivity contribution in [3.8, 4) is 0 Å². The summed E-state index contributed by atoms with van der Waals surface area (Å²) in [5, 5.41) is 11.5. The molecule has 1 aliphatic carbocycles. The summed E-state index contributed by atoms with van der Waals surface area (Å²) in [6, 6.07) is 13.9. The van der Waals surface area contributed by atoms with Crippen LogP contribution in [0.1, 0.15) is 36.9 Å². The van der Waals surface area contributed by atoms with Crippen LogP contribution in [-0.2, 0) is 4.79 Å². The monoisotopic (exact) mass is 370 g/mol. The Hall–Kier alpha value is -2.66. The number of nitro groups is 1. The van der Waals surface area contributed by atoms with E-state index in [-0.39, 0.29) is 23.7 Å². The maximum Gasteiger partial charge on any atom is 0.270 e. The van der Waals surface area contributed by atoms with Gasteiger partial charge in [0, 0.05) is 29.3 Å². The lowest BCUT2D eigenvalue weighted by Gasteiger charge is -2.29. The minimum atomic E-state index is -0.446. The second kappa shape index (κ2) is 7.70. The first-order chi connectivity index (χ1) is 12.5. The van der Waals surface area contributed by atoms with Crippen molar-refractivity contribution in [2.45, 2.75) is 31.8 Å². The molecule has 5 nitrogen and oxygen atoms in total. The molecular weight excluding hydrogens is 352 g/mol. The average Bonchev–Trinajstić information content (AvgIpc) is 3.46. The number of hydrogen-bond donors (Lipinski definition) is 0. The number of nitro benzene ring substituents is 1. The van der Waals surface area contributed by atoms with E-state index in [1.165, 1.54) is 18.2 Å². The number of amides is 1. The third-order valence-electron chi connectivity index (χ3n) is 4.46. The predicted octanol–water partition coefficient (Wildman–Crippen LogP) is 5.01. The second-order valence-corrected chi connectivity index (χ2v) is 6.83. The lowest BCUT2D eigenvalue weighted by Crippen LogP contribution is -2.34. The van der Waals surface area contributed by atoms with E-state index >= 15 is 0 Å². The highest BCUT2D eigenvalue weighted by atomic mass is 35.5. The molecule has 1 atom stereocenters. The molecule has 0 radical (unpaired) electrons. The van der Waals surface area contributed by atoms with Gasteiger partial charge >= 0.3 is 0 Å². The minimum absolute atomic E-state index is 0.00757. The molecule has 0 heterocycles. The molecule has 0 bridgehead atoms. The number of hydrogen-bond acceptors (Lipinski definition) is 3. The fourth-order valence-corrected chi connectivity index (χ4v) is 3.06. The number of carbonyl (C=O) groups is 1. The molecule has 6 heteroatoms. The Morgan fingerprint density at radius 1 is 1.27 bits per heavy atom. The Kier molecular flexibility index (Phi) is 5.38. The number of carbonyl (C=O) groups excluding carboxylic acids is 1. The largest absolute Gasteiger partial charge is 0.329 e. The van der Waals surface area contributed by atoms with Gasteiger partial charge < -0.3 is 4.90 Å². The Morgan fingerprint density at radius 2 is 1.96 bits per heavy atom. The Labute approximate surface area is 157 Å². The highest BCUT2D eigenvalue weighted by Gasteiger charge is 2.35. The zero-order chi connectivity index (χ0) is 18.7. The molecule has 0 N–H and O–H groups in total. The van der Waals surface area contributed by atoms with Crippen molar-refractivity contribution in [1.82, 2.24) is 4.90 Å². The van der Waals surface area contributed by atoms with E-state index in [0.717, 1.165) is 18.4 Å². The van der Waals surface area contributed by atoms with Gasteiger partial charge in [-0.15, -0.1) is 0 Å². The van der Waals surface area contributed by atoms with Crippen molar-refractivity contribution in [1.29, 1.82) is 0 Å². The van der Waals surface area contributed by atoms with Gasteiger partial charge in [0.25, 0.3) is 5.69 Å². The van der Waals surface area contributed by atoms with Gasteiger partial charge in [-0.1, -0.05) is 35.9 Å². The average molecular weight is 371 g/mol. The quantitative estimate of drug-likeness (QED) is 0.407. The number of benzene rings is 2. The lowest BCUT2D eigenvalue weighted by atomic mass is 10.1. The molecule has 134 valence electrons. The van der Waals surface area contributed by atoms with Crippen LogP contribution in [0.2, 0.25) is 5.02 Å². The highest BCUT2D eigenvalue weighted by Crippen LogP contribution is 2.35. The zero-order valence-electron chi connectivity index (χ0n) is 14.3. The van der Waals surface area contributed by atoms with Crippen LogP contribution in [0.5, 0.6) is 0 Å². The summed E-state index contributed by atoms with van der Waals surface area (Å²) in [4.78, 5) is 25.1. The standard InChI is InChI=1S/C20H19ClN2O3/c1-14(16-6-8-17(21)9-7-16)22(18-10-11-18)20(24)12-5-15-3-2-4-19(13-15)23(25)26/h2-9,12-14,18H,10-11H2,1H3/b12-5+. The summed E-state index contributed by atoms with van der Waals surface area (Å²) in [5.41, 5.74) is 1.66. The predicted molar refractivity (Wildman–Crippen MR) is 102 cm³/mol. The number of non-ortho nitro benzene ring substituents is 1. The van der Waals surface area contributed by atoms with E-state index in [9.17, 15) is 14.9 Å². The molecule has 1 fully saturated rings. The van der Waals surface area contributed by atoms with E-state index in [4.69, 9.17) is 11.6 Å². The molecule has 0 aliphatic heterocycles. The van der Waals surface area contributed by atoms with Crippen molar-refractivity contribution in [2.24, 2.45) is 0 Å². The molecule has 3 rings (SSSR count). The molecule has 0 saturated heterocycles. The molecule has 1 saturated carbocycles. The van der Waals surface area contributed by atoms with Crippen LogP contribution >= 0.6 is 11.6 Å². The fraction of sp³-hybridized carbons (Fsp3) is 0.250. The Bertz CT molecular complexity index is 844. The third kappa shape index (κ3) is 4.29. The van der Waals surface area contributed by atoms with Crippen LogP contribution in [0.15, 0.2) is 54.6 Å². The number of nitrogens with zero attached hydrogens (tertiary/aromatic N) is 2. The number of halogens is 1. The van der Waals surface area contributed by atoms with Crippen LogP contribution < -0.4 is 0 Å². The minimum Gasteiger partial charge on any atom is -0.329 e. The van der Waals surface area contributed by atoms with Crippen LogP contribution in [0.25, 0.3) is 6.08 Å². The first kappa shape index (κ1) is 18.1. The Morgan fingerprint density at radius 3 is 2.58 bits per heavy atom. The van der Waals surface area contributed by atoms with Crippen LogP contribution in [0.3, 0.4) is 0 Å². The van der Waals surface area contributed by atoms with E-state index in [1.807, 2.05) is 36.1 Å². The van der Waals surface area contributed by atoms with Crippen molar-refractivity contribution >= 4 is 29.3 Å². The Balaban J connectivity index is 1.78. The summed E-state index contributed by atoms with van der Waals surface area (Å²) in [6.45, 7) is 2.00. The first-order valence-electron chi connectivity index (χ1n) is 8.46. The first-order valence-corrected chi connectivity index (χ1v) is 8.84. The molecule has 0 aromatic heterocycles. The van der Waals surface area contributed by atoms with Crippen LogP contribution in [0.4, 0.5) is 5.69 Å². The van der Waals surface area contributed by atoms with E-state index in [0.29, 0.717) is 10.6 Å². The number of rotatable bonds is 6. The van der Waals surface area contributed by atoms with E-state index in [1.54, 1.807) is 18.2 Å². The van der Waals surface area contributed by atoms with E-state index in [2.05, 4.69) is 0 Å². The maximum absolute atomic E-state index is 12.8. The molecule has 1 unspecified atom stereocenters. The molecular formula is C20H19ClN2O3. The summed E-state index contributed by atoms with van der Waals surface area (Å²) in [6.07, 6.45) is 5.10. The van der Waals surface area contributed by atoms with Crippen LogP contribution in [-0.4, -0.2) is 21.8 Å². The van der Waals surface area contributed by atoms with Gasteiger partial charge in [0.15, 0.2) is 0 Å².